The number of halogens is 3. The van der Waals surface area contributed by atoms with Crippen LogP contribution in [0.1, 0.15) is 5.56 Å². The third-order valence-corrected chi connectivity index (χ3v) is 5.29. The first-order valence-electron chi connectivity index (χ1n) is 9.43. The molecule has 2 N–H and O–H groups in total. The van der Waals surface area contributed by atoms with E-state index in [1.807, 2.05) is 0 Å². The van der Waals surface area contributed by atoms with Crippen molar-refractivity contribution in [2.24, 2.45) is 0 Å². The zero-order chi connectivity index (χ0) is 23.4. The minimum atomic E-state index is -4.64. The van der Waals surface area contributed by atoms with Gasteiger partial charge in [0.1, 0.15) is 22.2 Å². The third-order valence-electron chi connectivity index (χ3n) is 4.47. The van der Waals surface area contributed by atoms with E-state index in [2.05, 4.69) is 30.6 Å². The van der Waals surface area contributed by atoms with Crippen LogP contribution in [0.15, 0.2) is 54.4 Å². The molecule has 0 unspecified atom stereocenters. The van der Waals surface area contributed by atoms with E-state index >= 15 is 0 Å². The SMILES string of the molecule is COc1ccc(OC)c(Nc2cc(Nc3ncsc3-c3ncccn3)c(C(F)(F)F)cn2)c1. The largest absolute Gasteiger partial charge is 0.497 e. The molecule has 4 rings (SSSR count). The average molecular weight is 474 g/mol. The number of hydrogen-bond acceptors (Lipinski definition) is 9. The van der Waals surface area contributed by atoms with Crippen LogP contribution in [0.25, 0.3) is 10.7 Å². The molecule has 0 bridgehead atoms. The molecule has 1 aromatic carbocycles. The Hall–Kier alpha value is -3.93. The summed E-state index contributed by atoms with van der Waals surface area (Å²) in [6, 6.07) is 7.92. The summed E-state index contributed by atoms with van der Waals surface area (Å²) in [5, 5.41) is 5.74. The van der Waals surface area contributed by atoms with E-state index in [0.29, 0.717) is 27.9 Å². The maximum absolute atomic E-state index is 13.7. The maximum Gasteiger partial charge on any atom is 0.419 e. The van der Waals surface area contributed by atoms with Crippen molar-refractivity contribution in [1.29, 1.82) is 0 Å². The second-order valence-corrected chi connectivity index (χ2v) is 7.39. The highest BCUT2D eigenvalue weighted by atomic mass is 32.1. The van der Waals surface area contributed by atoms with Crippen LogP contribution in [0.4, 0.5) is 36.2 Å². The molecule has 170 valence electrons. The number of anilines is 4. The van der Waals surface area contributed by atoms with E-state index in [1.165, 1.54) is 37.1 Å². The lowest BCUT2D eigenvalue weighted by Crippen LogP contribution is -2.11. The maximum atomic E-state index is 13.7. The molecule has 0 saturated heterocycles. The standard InChI is InChI=1S/C21H17F3N6O2S/c1-31-12-4-5-16(32-2)15(8-12)29-17-9-14(13(10-27-17)21(22,23)24)30-20-18(33-11-28-20)19-25-6-3-7-26-19/h3-11H,1-2H3,(H2,27,29,30). The molecule has 0 aliphatic carbocycles. The second kappa shape index (κ2) is 9.28. The van der Waals surface area contributed by atoms with Gasteiger partial charge in [-0.05, 0) is 18.2 Å². The molecular weight excluding hydrogens is 457 g/mol. The molecule has 0 saturated carbocycles. The van der Waals surface area contributed by atoms with E-state index in [1.54, 1.807) is 36.7 Å². The highest BCUT2D eigenvalue weighted by Gasteiger charge is 2.35. The summed E-state index contributed by atoms with van der Waals surface area (Å²) >= 11 is 1.21. The first-order chi connectivity index (χ1) is 15.9. The molecule has 33 heavy (non-hydrogen) atoms. The summed E-state index contributed by atoms with van der Waals surface area (Å²) in [6.07, 6.45) is -0.796. The molecule has 0 aliphatic rings. The number of thiazole rings is 1. The predicted molar refractivity (Wildman–Crippen MR) is 118 cm³/mol. The number of hydrogen-bond donors (Lipinski definition) is 2. The van der Waals surface area contributed by atoms with Crippen molar-refractivity contribution in [1.82, 2.24) is 19.9 Å². The molecule has 0 fully saturated rings. The van der Waals surface area contributed by atoms with E-state index in [-0.39, 0.29) is 17.3 Å². The Kier molecular flexibility index (Phi) is 6.27. The zero-order valence-corrected chi connectivity index (χ0v) is 18.2. The van der Waals surface area contributed by atoms with Gasteiger partial charge < -0.3 is 20.1 Å². The zero-order valence-electron chi connectivity index (χ0n) is 17.3. The van der Waals surface area contributed by atoms with Crippen LogP contribution in [0, 0.1) is 0 Å². The van der Waals surface area contributed by atoms with Crippen molar-refractivity contribution in [3.63, 3.8) is 0 Å². The van der Waals surface area contributed by atoms with Gasteiger partial charge in [-0.25, -0.2) is 19.9 Å². The van der Waals surface area contributed by atoms with Gasteiger partial charge in [-0.15, -0.1) is 11.3 Å². The molecule has 3 heterocycles. The first kappa shape index (κ1) is 22.3. The van der Waals surface area contributed by atoms with Crippen molar-refractivity contribution in [2.45, 2.75) is 6.18 Å². The molecule has 0 radical (unpaired) electrons. The Labute approximate surface area is 190 Å². The van der Waals surface area contributed by atoms with Crippen LogP contribution in [0.5, 0.6) is 11.5 Å². The molecule has 0 atom stereocenters. The number of rotatable bonds is 7. The summed E-state index contributed by atoms with van der Waals surface area (Å²) in [5.41, 5.74) is 0.800. The quantitative estimate of drug-likeness (QED) is 0.362. The van der Waals surface area contributed by atoms with Crippen molar-refractivity contribution in [3.8, 4) is 22.2 Å². The number of alkyl halides is 3. The van der Waals surface area contributed by atoms with E-state index in [9.17, 15) is 13.2 Å². The van der Waals surface area contributed by atoms with Crippen molar-refractivity contribution >= 4 is 34.3 Å². The molecule has 0 aliphatic heterocycles. The normalized spacial score (nSPS) is 11.2. The van der Waals surface area contributed by atoms with E-state index in [4.69, 9.17) is 9.47 Å². The molecule has 12 heteroatoms. The lowest BCUT2D eigenvalue weighted by molar-refractivity contribution is -0.137. The Morgan fingerprint density at radius 2 is 1.70 bits per heavy atom. The van der Waals surface area contributed by atoms with Crippen LogP contribution >= 0.6 is 11.3 Å². The van der Waals surface area contributed by atoms with E-state index in [0.717, 1.165) is 6.20 Å². The number of nitrogens with one attached hydrogen (secondary N) is 2. The van der Waals surface area contributed by atoms with Crippen molar-refractivity contribution in [2.75, 3.05) is 24.9 Å². The predicted octanol–water partition coefficient (Wildman–Crippen LogP) is 5.52. The molecular formula is C21H17F3N6O2S. The Balaban J connectivity index is 1.72. The van der Waals surface area contributed by atoms with Gasteiger partial charge in [0, 0.05) is 30.7 Å². The molecule has 0 amide bonds. The molecule has 3 aromatic heterocycles. The Morgan fingerprint density at radius 1 is 0.909 bits per heavy atom. The first-order valence-corrected chi connectivity index (χ1v) is 10.3. The summed E-state index contributed by atoms with van der Waals surface area (Å²) in [6.45, 7) is 0. The van der Waals surface area contributed by atoms with E-state index < -0.39 is 11.7 Å². The fourth-order valence-electron chi connectivity index (χ4n) is 2.94. The van der Waals surface area contributed by atoms with Gasteiger partial charge in [0.25, 0.3) is 0 Å². The minimum absolute atomic E-state index is 0.157. The number of aromatic nitrogens is 4. The number of nitrogens with zero attached hydrogens (tertiary/aromatic N) is 4. The lowest BCUT2D eigenvalue weighted by Gasteiger charge is -2.17. The summed E-state index contributed by atoms with van der Waals surface area (Å²) < 4.78 is 51.6. The second-order valence-electron chi connectivity index (χ2n) is 6.53. The highest BCUT2D eigenvalue weighted by Crippen LogP contribution is 2.39. The number of benzene rings is 1. The van der Waals surface area contributed by atoms with Gasteiger partial charge in [-0.3, -0.25) is 0 Å². The fraction of sp³-hybridized carbons (Fsp3) is 0.143. The molecule has 8 nitrogen and oxygen atoms in total. The minimum Gasteiger partial charge on any atom is -0.497 e. The van der Waals surface area contributed by atoms with Crippen LogP contribution in [0.2, 0.25) is 0 Å². The van der Waals surface area contributed by atoms with Crippen molar-refractivity contribution < 1.29 is 22.6 Å². The monoisotopic (exact) mass is 474 g/mol. The molecule has 0 spiro atoms. The van der Waals surface area contributed by atoms with Crippen LogP contribution in [0.3, 0.4) is 0 Å². The molecule has 4 aromatic rings. The van der Waals surface area contributed by atoms with Gasteiger partial charge in [-0.1, -0.05) is 0 Å². The number of pyridine rings is 1. The van der Waals surface area contributed by atoms with Gasteiger partial charge in [0.05, 0.1) is 36.7 Å². The average Bonchev–Trinajstić information content (AvgIpc) is 3.27. The smallest absolute Gasteiger partial charge is 0.419 e. The third kappa shape index (κ3) is 4.95. The van der Waals surface area contributed by atoms with Crippen LogP contribution in [-0.4, -0.2) is 34.2 Å². The van der Waals surface area contributed by atoms with Crippen LogP contribution < -0.4 is 20.1 Å². The Bertz CT molecular complexity index is 1250. The van der Waals surface area contributed by atoms with Gasteiger partial charge in [-0.2, -0.15) is 13.2 Å². The lowest BCUT2D eigenvalue weighted by atomic mass is 10.2. The van der Waals surface area contributed by atoms with Crippen LogP contribution in [-0.2, 0) is 6.18 Å². The topological polar surface area (TPSA) is 94.1 Å². The van der Waals surface area contributed by atoms with Gasteiger partial charge >= 0.3 is 6.18 Å². The Morgan fingerprint density at radius 3 is 2.39 bits per heavy atom. The summed E-state index contributed by atoms with van der Waals surface area (Å²) in [4.78, 5) is 16.9. The van der Waals surface area contributed by atoms with Gasteiger partial charge in [0.15, 0.2) is 11.6 Å². The number of ether oxygens (including phenoxy) is 2. The summed E-state index contributed by atoms with van der Waals surface area (Å²) in [5.74, 6) is 1.72. The fourth-order valence-corrected chi connectivity index (χ4v) is 3.63. The van der Waals surface area contributed by atoms with Gasteiger partial charge in [0.2, 0.25) is 0 Å². The van der Waals surface area contributed by atoms with Crippen molar-refractivity contribution in [3.05, 3.63) is 60.0 Å². The number of methoxy groups -OCH3 is 2. The summed E-state index contributed by atoms with van der Waals surface area (Å²) in [7, 11) is 2.99. The highest BCUT2D eigenvalue weighted by molar-refractivity contribution is 7.13.